The number of aliphatic hydroxyl groups is 1. The van der Waals surface area contributed by atoms with Gasteiger partial charge in [-0.2, -0.15) is 0 Å². The van der Waals surface area contributed by atoms with Crippen LogP contribution in [0.25, 0.3) is 10.2 Å². The summed E-state index contributed by atoms with van der Waals surface area (Å²) in [5, 5.41) is 17.8. The molecule has 0 fully saturated rings. The van der Waals surface area contributed by atoms with Crippen LogP contribution in [0.3, 0.4) is 0 Å². The molecule has 0 aliphatic rings. The van der Waals surface area contributed by atoms with Gasteiger partial charge in [0, 0.05) is 26.3 Å². The highest BCUT2D eigenvalue weighted by molar-refractivity contribution is 7.18. The van der Waals surface area contributed by atoms with Crippen LogP contribution < -0.4 is 10.6 Å². The zero-order valence-electron chi connectivity index (χ0n) is 22.0. The average molecular weight is 554 g/mol. The van der Waals surface area contributed by atoms with E-state index >= 15 is 0 Å². The van der Waals surface area contributed by atoms with E-state index in [1.807, 2.05) is 36.4 Å². The Labute approximate surface area is 231 Å². The first-order valence-corrected chi connectivity index (χ1v) is 13.8. The fourth-order valence-electron chi connectivity index (χ4n) is 4.47. The molecule has 0 saturated carbocycles. The third-order valence-corrected chi connectivity index (χ3v) is 7.64. The lowest BCUT2D eigenvalue weighted by molar-refractivity contribution is -0.125. The minimum atomic E-state index is -1.02. The number of carbonyl (C=O) groups is 1. The summed E-state index contributed by atoms with van der Waals surface area (Å²) in [6, 6.07) is 18.2. The molecule has 206 valence electrons. The number of hydrogen-bond donors (Lipinski definition) is 3. The molecule has 3 aromatic carbocycles. The van der Waals surface area contributed by atoms with Gasteiger partial charge in [0.05, 0.1) is 28.8 Å². The summed E-state index contributed by atoms with van der Waals surface area (Å²) in [7, 11) is 1.52. The summed E-state index contributed by atoms with van der Waals surface area (Å²) < 4.78 is 34.3. The van der Waals surface area contributed by atoms with E-state index in [0.29, 0.717) is 17.1 Å². The number of benzene rings is 3. The van der Waals surface area contributed by atoms with E-state index in [4.69, 9.17) is 4.74 Å². The lowest BCUT2D eigenvalue weighted by Gasteiger charge is -2.26. The molecule has 3 N–H and O–H groups in total. The molecule has 4 rings (SSSR count). The predicted molar refractivity (Wildman–Crippen MR) is 150 cm³/mol. The van der Waals surface area contributed by atoms with Crippen LogP contribution in [0.4, 0.5) is 8.78 Å². The van der Waals surface area contributed by atoms with Crippen LogP contribution in [0.2, 0.25) is 0 Å². The number of methoxy groups -OCH3 is 1. The molecule has 3 unspecified atom stereocenters. The van der Waals surface area contributed by atoms with E-state index in [1.54, 1.807) is 0 Å². The SMILES string of the molecule is CCc1cccc(CNCC(O)C(Cc2cc(F)cc(F)c2)NC(=O)CC(OC)c2nc3ccccc3s2)c1. The highest BCUT2D eigenvalue weighted by atomic mass is 32.1. The maximum Gasteiger partial charge on any atom is 0.223 e. The molecular weight excluding hydrogens is 520 g/mol. The van der Waals surface area contributed by atoms with Crippen LogP contribution in [-0.4, -0.2) is 41.8 Å². The molecule has 4 aromatic rings. The Kier molecular flexibility index (Phi) is 10.1. The van der Waals surface area contributed by atoms with Gasteiger partial charge in [-0.15, -0.1) is 11.3 Å². The van der Waals surface area contributed by atoms with Crippen molar-refractivity contribution in [2.75, 3.05) is 13.7 Å². The minimum absolute atomic E-state index is 0.0196. The smallest absolute Gasteiger partial charge is 0.223 e. The lowest BCUT2D eigenvalue weighted by Crippen LogP contribution is -2.49. The fourth-order valence-corrected chi connectivity index (χ4v) is 5.51. The Morgan fingerprint density at radius 3 is 2.49 bits per heavy atom. The Balaban J connectivity index is 1.44. The molecule has 0 saturated heterocycles. The van der Waals surface area contributed by atoms with E-state index in [9.17, 15) is 18.7 Å². The van der Waals surface area contributed by atoms with Gasteiger partial charge < -0.3 is 20.5 Å². The number of carbonyl (C=O) groups excluding carboxylic acids is 1. The molecular formula is C30H33F2N3O3S. The number of amides is 1. The van der Waals surface area contributed by atoms with E-state index < -0.39 is 29.9 Å². The lowest BCUT2D eigenvalue weighted by atomic mass is 10.00. The van der Waals surface area contributed by atoms with Gasteiger partial charge in [-0.25, -0.2) is 13.8 Å². The van der Waals surface area contributed by atoms with Crippen LogP contribution in [0, 0.1) is 11.6 Å². The number of nitrogens with zero attached hydrogens (tertiary/aromatic N) is 1. The van der Waals surface area contributed by atoms with E-state index in [-0.39, 0.29) is 25.3 Å². The van der Waals surface area contributed by atoms with Crippen molar-refractivity contribution in [3.05, 3.63) is 100 Å². The van der Waals surface area contributed by atoms with Gasteiger partial charge in [0.15, 0.2) is 0 Å². The number of para-hydroxylation sites is 1. The molecule has 0 spiro atoms. The number of ether oxygens (including phenoxy) is 1. The van der Waals surface area contributed by atoms with Gasteiger partial charge in [-0.1, -0.05) is 43.3 Å². The predicted octanol–water partition coefficient (Wildman–Crippen LogP) is 5.09. The van der Waals surface area contributed by atoms with Crippen molar-refractivity contribution >= 4 is 27.5 Å². The first kappa shape index (κ1) is 28.8. The number of aromatic nitrogens is 1. The quantitative estimate of drug-likeness (QED) is 0.215. The van der Waals surface area contributed by atoms with Crippen LogP contribution in [0.5, 0.6) is 0 Å². The van der Waals surface area contributed by atoms with Gasteiger partial charge in [0.2, 0.25) is 5.91 Å². The number of thiazole rings is 1. The molecule has 0 aliphatic heterocycles. The molecule has 1 aromatic heterocycles. The Hall–Kier alpha value is -3.24. The van der Waals surface area contributed by atoms with Crippen LogP contribution >= 0.6 is 11.3 Å². The van der Waals surface area contributed by atoms with Gasteiger partial charge >= 0.3 is 0 Å². The second-order valence-corrected chi connectivity index (χ2v) is 10.5. The monoisotopic (exact) mass is 553 g/mol. The molecule has 0 bridgehead atoms. The number of fused-ring (bicyclic) bond motifs is 1. The second kappa shape index (κ2) is 13.7. The number of aliphatic hydroxyl groups excluding tert-OH is 1. The maximum absolute atomic E-state index is 13.9. The molecule has 9 heteroatoms. The van der Waals surface area contributed by atoms with E-state index in [1.165, 1.54) is 36.1 Å². The van der Waals surface area contributed by atoms with Gasteiger partial charge in [-0.05, 0) is 53.8 Å². The van der Waals surface area contributed by atoms with Crippen molar-refractivity contribution < 1.29 is 23.4 Å². The highest BCUT2D eigenvalue weighted by Crippen LogP contribution is 2.29. The molecule has 1 heterocycles. The number of halogens is 2. The van der Waals surface area contributed by atoms with Gasteiger partial charge in [-0.3, -0.25) is 4.79 Å². The van der Waals surface area contributed by atoms with Crippen LogP contribution in [0.15, 0.2) is 66.7 Å². The zero-order valence-corrected chi connectivity index (χ0v) is 22.8. The van der Waals surface area contributed by atoms with Crippen molar-refractivity contribution in [2.24, 2.45) is 0 Å². The normalized spacial score (nSPS) is 13.8. The fraction of sp³-hybridized carbons (Fsp3) is 0.333. The Bertz CT molecular complexity index is 1340. The minimum Gasteiger partial charge on any atom is -0.390 e. The van der Waals surface area contributed by atoms with Crippen molar-refractivity contribution in [3.63, 3.8) is 0 Å². The highest BCUT2D eigenvalue weighted by Gasteiger charge is 2.25. The molecule has 3 atom stereocenters. The Morgan fingerprint density at radius 2 is 1.77 bits per heavy atom. The topological polar surface area (TPSA) is 83.5 Å². The van der Waals surface area contributed by atoms with E-state index in [2.05, 4.69) is 34.7 Å². The van der Waals surface area contributed by atoms with Crippen LogP contribution in [-0.2, 0) is 28.9 Å². The molecule has 6 nitrogen and oxygen atoms in total. The van der Waals surface area contributed by atoms with Crippen LogP contribution in [0.1, 0.15) is 41.1 Å². The summed E-state index contributed by atoms with van der Waals surface area (Å²) in [5.41, 5.74) is 3.46. The number of aryl methyl sites for hydroxylation is 1. The van der Waals surface area contributed by atoms with Crippen molar-refractivity contribution in [3.8, 4) is 0 Å². The Morgan fingerprint density at radius 1 is 1.03 bits per heavy atom. The second-order valence-electron chi connectivity index (χ2n) is 9.48. The number of nitrogens with one attached hydrogen (secondary N) is 2. The molecule has 0 radical (unpaired) electrons. The van der Waals surface area contributed by atoms with E-state index in [0.717, 1.165) is 28.3 Å². The molecule has 1 amide bonds. The molecule has 39 heavy (non-hydrogen) atoms. The summed E-state index contributed by atoms with van der Waals surface area (Å²) in [6.07, 6.45) is -0.635. The summed E-state index contributed by atoms with van der Waals surface area (Å²) >= 11 is 1.46. The largest absolute Gasteiger partial charge is 0.390 e. The summed E-state index contributed by atoms with van der Waals surface area (Å²) in [6.45, 7) is 2.79. The number of rotatable bonds is 13. The van der Waals surface area contributed by atoms with Crippen molar-refractivity contribution in [1.29, 1.82) is 0 Å². The third-order valence-electron chi connectivity index (χ3n) is 6.51. The maximum atomic E-state index is 13.9. The first-order valence-electron chi connectivity index (χ1n) is 12.9. The molecule has 0 aliphatic carbocycles. The number of hydrogen-bond acceptors (Lipinski definition) is 6. The summed E-state index contributed by atoms with van der Waals surface area (Å²) in [4.78, 5) is 17.7. The third kappa shape index (κ3) is 8.12. The zero-order chi connectivity index (χ0) is 27.8. The summed E-state index contributed by atoms with van der Waals surface area (Å²) in [5.74, 6) is -1.79. The van der Waals surface area contributed by atoms with Gasteiger partial charge in [0.25, 0.3) is 0 Å². The average Bonchev–Trinajstić information content (AvgIpc) is 3.35. The van der Waals surface area contributed by atoms with Gasteiger partial charge in [0.1, 0.15) is 22.7 Å². The standard InChI is InChI=1S/C30H33F2N3O3S/c1-3-19-7-6-8-20(11-19)17-33-18-26(36)25(14-21-12-22(31)15-23(32)13-21)34-29(37)16-27(38-2)30-35-24-9-4-5-10-28(24)39-30/h4-13,15,25-27,33,36H,3,14,16-18H2,1-2H3,(H,34,37). The first-order chi connectivity index (χ1) is 18.8. The van der Waals surface area contributed by atoms with Crippen molar-refractivity contribution in [2.45, 2.75) is 51.0 Å². The van der Waals surface area contributed by atoms with Crippen molar-refractivity contribution in [1.82, 2.24) is 15.6 Å².